The van der Waals surface area contributed by atoms with Crippen LogP contribution >= 0.6 is 0 Å². The van der Waals surface area contributed by atoms with Gasteiger partial charge in [0.15, 0.2) is 0 Å². The van der Waals surface area contributed by atoms with Gasteiger partial charge in [-0.1, -0.05) is 39.2 Å². The lowest BCUT2D eigenvalue weighted by Crippen LogP contribution is -2.44. The molecule has 0 bridgehead atoms. The van der Waals surface area contributed by atoms with Gasteiger partial charge >= 0.3 is 0 Å². The van der Waals surface area contributed by atoms with Gasteiger partial charge in [0.05, 0.1) is 11.2 Å². The van der Waals surface area contributed by atoms with Gasteiger partial charge in [0, 0.05) is 49.4 Å². The minimum atomic E-state index is 0.752. The van der Waals surface area contributed by atoms with E-state index in [4.69, 9.17) is 0 Å². The summed E-state index contributed by atoms with van der Waals surface area (Å²) in [6.07, 6.45) is 15.9. The minimum absolute atomic E-state index is 0.752. The number of aromatic nitrogens is 2. The summed E-state index contributed by atoms with van der Waals surface area (Å²) in [6, 6.07) is 4.63. The average molecular weight is 474 g/mol. The van der Waals surface area contributed by atoms with Crippen LogP contribution in [0.3, 0.4) is 0 Å². The Bertz CT molecular complexity index is 1040. The summed E-state index contributed by atoms with van der Waals surface area (Å²) in [5.41, 5.74) is 6.95. The molecule has 0 saturated carbocycles. The van der Waals surface area contributed by atoms with Gasteiger partial charge in [-0.15, -0.1) is 0 Å². The van der Waals surface area contributed by atoms with Crippen molar-refractivity contribution >= 4 is 10.9 Å². The Morgan fingerprint density at radius 3 is 2.60 bits per heavy atom. The molecule has 5 nitrogen and oxygen atoms in total. The smallest absolute Gasteiger partial charge is 0.116 e. The van der Waals surface area contributed by atoms with Crippen LogP contribution in [0.15, 0.2) is 67.3 Å². The van der Waals surface area contributed by atoms with Crippen molar-refractivity contribution < 1.29 is 0 Å². The lowest BCUT2D eigenvalue weighted by molar-refractivity contribution is 0.152. The number of piperazine rings is 1. The van der Waals surface area contributed by atoms with Crippen molar-refractivity contribution in [2.75, 3.05) is 39.8 Å². The second kappa shape index (κ2) is 14.0. The van der Waals surface area contributed by atoms with E-state index in [-0.39, 0.29) is 0 Å². The second-order valence-corrected chi connectivity index (χ2v) is 9.46. The fraction of sp³-hybridized carbons (Fsp3) is 0.467. The molecule has 1 fully saturated rings. The maximum Gasteiger partial charge on any atom is 0.116 e. The van der Waals surface area contributed by atoms with Gasteiger partial charge in [-0.3, -0.25) is 0 Å². The number of unbranched alkanes of at least 4 members (excludes halogenated alkanes) is 1. The molecule has 0 unspecified atom stereocenters. The zero-order valence-corrected chi connectivity index (χ0v) is 22.0. The number of nitrogens with zero attached hydrogens (tertiary/aromatic N) is 4. The number of aryl methyl sites for hydroxylation is 2. The van der Waals surface area contributed by atoms with E-state index in [2.05, 4.69) is 83.4 Å². The van der Waals surface area contributed by atoms with E-state index in [9.17, 15) is 0 Å². The van der Waals surface area contributed by atoms with E-state index in [1.165, 1.54) is 62.1 Å². The third-order valence-corrected chi connectivity index (χ3v) is 6.84. The summed E-state index contributed by atoms with van der Waals surface area (Å²) >= 11 is 0. The molecule has 1 aromatic heterocycles. The Morgan fingerprint density at radius 1 is 1.09 bits per heavy atom. The van der Waals surface area contributed by atoms with E-state index < -0.39 is 0 Å². The summed E-state index contributed by atoms with van der Waals surface area (Å²) in [7, 11) is 2.22. The number of hydrogen-bond donors (Lipinski definition) is 1. The molecule has 1 N–H and O–H groups in total. The van der Waals surface area contributed by atoms with Crippen molar-refractivity contribution in [3.8, 4) is 0 Å². The number of fused-ring (bicyclic) bond motifs is 1. The molecule has 2 heterocycles. The largest absolute Gasteiger partial charge is 0.359 e. The topological polar surface area (TPSA) is 44.3 Å². The van der Waals surface area contributed by atoms with E-state index in [0.717, 1.165) is 48.3 Å². The van der Waals surface area contributed by atoms with E-state index in [1.54, 1.807) is 12.4 Å². The number of nitrogens with one attached hydrogen (secondary N) is 1. The molecular formula is C30H43N5. The molecule has 0 aliphatic carbocycles. The molecule has 188 valence electrons. The highest BCUT2D eigenvalue weighted by Crippen LogP contribution is 2.23. The van der Waals surface area contributed by atoms with Gasteiger partial charge in [0.1, 0.15) is 6.33 Å². The van der Waals surface area contributed by atoms with Crippen LogP contribution in [0.1, 0.15) is 49.9 Å². The Kier molecular flexibility index (Phi) is 10.7. The molecule has 0 spiro atoms. The van der Waals surface area contributed by atoms with Gasteiger partial charge in [-0.2, -0.15) is 0 Å². The Balaban J connectivity index is 1.68. The van der Waals surface area contributed by atoms with Crippen LogP contribution in [0.5, 0.6) is 0 Å². The van der Waals surface area contributed by atoms with Crippen LogP contribution in [-0.2, 0) is 19.3 Å². The first kappa shape index (κ1) is 26.8. The molecule has 35 heavy (non-hydrogen) atoms. The van der Waals surface area contributed by atoms with Crippen molar-refractivity contribution in [3.05, 3.63) is 84.1 Å². The summed E-state index contributed by atoms with van der Waals surface area (Å²) in [5, 5.41) is 4.51. The highest BCUT2D eigenvalue weighted by Gasteiger charge is 2.13. The lowest BCUT2D eigenvalue weighted by atomic mass is 9.96. The Hall–Kier alpha value is -2.76. The van der Waals surface area contributed by atoms with Crippen LogP contribution < -0.4 is 5.32 Å². The molecule has 0 amide bonds. The second-order valence-electron chi connectivity index (χ2n) is 9.46. The third-order valence-electron chi connectivity index (χ3n) is 6.84. The molecule has 2 aromatic rings. The summed E-state index contributed by atoms with van der Waals surface area (Å²) in [5.74, 6) is 0. The molecule has 0 atom stereocenters. The summed E-state index contributed by atoms with van der Waals surface area (Å²) in [4.78, 5) is 14.3. The standard InChI is InChI=1S/C30H43N5/c1-6-12-27(33-24(4)7-2)14-11-15-29-28-21-26(25(8-3)22-30(28)32-23-31-29)13-9-10-16-35-19-17-34(5)18-20-35/h6,11-12,14,21-23,33H,1,4,7-10,13,15-20H2,2-3,5H3/b14-11+,27-12+. The van der Waals surface area contributed by atoms with Crippen LogP contribution in [0.4, 0.5) is 0 Å². The zero-order valence-electron chi connectivity index (χ0n) is 22.0. The molecule has 1 aliphatic heterocycles. The van der Waals surface area contributed by atoms with E-state index >= 15 is 0 Å². The molecule has 1 aliphatic rings. The zero-order chi connectivity index (χ0) is 25.0. The number of rotatable bonds is 13. The van der Waals surface area contributed by atoms with Crippen molar-refractivity contribution in [3.63, 3.8) is 0 Å². The van der Waals surface area contributed by atoms with Crippen molar-refractivity contribution in [1.29, 1.82) is 0 Å². The molecule has 5 heteroatoms. The van der Waals surface area contributed by atoms with Gasteiger partial charge in [-0.25, -0.2) is 9.97 Å². The number of hydrogen-bond acceptors (Lipinski definition) is 5. The number of benzene rings is 1. The van der Waals surface area contributed by atoms with E-state index in [1.807, 2.05) is 6.08 Å². The highest BCUT2D eigenvalue weighted by molar-refractivity contribution is 5.82. The monoisotopic (exact) mass is 473 g/mol. The van der Waals surface area contributed by atoms with Crippen LogP contribution in [0.2, 0.25) is 0 Å². The molecule has 0 radical (unpaired) electrons. The maximum atomic E-state index is 4.64. The molecule has 1 saturated heterocycles. The SMILES string of the molecule is C=C/C=C(\C=C\Cc1ncnc2cc(CC)c(CCCCN3CCN(C)CC3)cc12)NC(=C)CC. The summed E-state index contributed by atoms with van der Waals surface area (Å²) in [6.45, 7) is 18.2. The summed E-state index contributed by atoms with van der Waals surface area (Å²) < 4.78 is 0. The quantitative estimate of drug-likeness (QED) is 0.310. The first-order valence-electron chi connectivity index (χ1n) is 13.1. The van der Waals surface area contributed by atoms with Crippen LogP contribution in [0, 0.1) is 0 Å². The number of allylic oxidation sites excluding steroid dienone is 5. The third kappa shape index (κ3) is 8.15. The Labute approximate surface area is 212 Å². The normalized spacial score (nSPS) is 15.7. The predicted octanol–water partition coefficient (Wildman–Crippen LogP) is 5.44. The highest BCUT2D eigenvalue weighted by atomic mass is 15.2. The van der Waals surface area contributed by atoms with Crippen LogP contribution in [0.25, 0.3) is 10.9 Å². The molecular weight excluding hydrogens is 430 g/mol. The molecule has 1 aromatic carbocycles. The van der Waals surface area contributed by atoms with E-state index in [0.29, 0.717) is 0 Å². The first-order valence-corrected chi connectivity index (χ1v) is 13.1. The fourth-order valence-electron chi connectivity index (χ4n) is 4.55. The van der Waals surface area contributed by atoms with Gasteiger partial charge < -0.3 is 15.1 Å². The van der Waals surface area contributed by atoms with Crippen molar-refractivity contribution in [2.24, 2.45) is 0 Å². The van der Waals surface area contributed by atoms with Crippen LogP contribution in [-0.4, -0.2) is 59.5 Å². The number of likely N-dealkylation sites (N-methyl/N-ethyl adjacent to an activating group) is 1. The van der Waals surface area contributed by atoms with Gasteiger partial charge in [-0.05, 0) is 81.1 Å². The first-order chi connectivity index (χ1) is 17.0. The maximum absolute atomic E-state index is 4.64. The average Bonchev–Trinajstić information content (AvgIpc) is 2.87. The fourth-order valence-corrected chi connectivity index (χ4v) is 4.55. The molecule has 3 rings (SSSR count). The van der Waals surface area contributed by atoms with Crippen molar-refractivity contribution in [2.45, 2.75) is 52.4 Å². The van der Waals surface area contributed by atoms with Crippen molar-refractivity contribution in [1.82, 2.24) is 25.1 Å². The lowest BCUT2D eigenvalue weighted by Gasteiger charge is -2.32. The predicted molar refractivity (Wildman–Crippen MR) is 149 cm³/mol. The van der Waals surface area contributed by atoms with Gasteiger partial charge in [0.25, 0.3) is 0 Å². The minimum Gasteiger partial charge on any atom is -0.359 e. The Morgan fingerprint density at radius 2 is 1.89 bits per heavy atom. The van der Waals surface area contributed by atoms with Gasteiger partial charge in [0.2, 0.25) is 0 Å².